The summed E-state index contributed by atoms with van der Waals surface area (Å²) >= 11 is 0. The topological polar surface area (TPSA) is 46.5 Å². The van der Waals surface area contributed by atoms with Gasteiger partial charge in [0.15, 0.2) is 0 Å². The van der Waals surface area contributed by atoms with Gasteiger partial charge in [-0.15, -0.1) is 0 Å². The molecule has 0 amide bonds. The standard InChI is InChI=1S/C14H28O3/c1-5-6-7-8-9-12(2)17-11-10-14(3,4)13(15)16/h12H,5-11H2,1-4H3,(H,15,16). The van der Waals surface area contributed by atoms with E-state index in [9.17, 15) is 4.79 Å². The van der Waals surface area contributed by atoms with Gasteiger partial charge in [-0.1, -0.05) is 32.6 Å². The van der Waals surface area contributed by atoms with Crippen molar-refractivity contribution >= 4 is 5.97 Å². The van der Waals surface area contributed by atoms with Gasteiger partial charge in [-0.05, 0) is 33.6 Å². The van der Waals surface area contributed by atoms with Crippen LogP contribution in [-0.4, -0.2) is 23.8 Å². The second-order valence-electron chi connectivity index (χ2n) is 5.47. The molecule has 102 valence electrons. The maximum Gasteiger partial charge on any atom is 0.309 e. The minimum absolute atomic E-state index is 0.247. The molecule has 17 heavy (non-hydrogen) atoms. The predicted octanol–water partition coefficient (Wildman–Crippen LogP) is 3.86. The van der Waals surface area contributed by atoms with Crippen LogP contribution in [-0.2, 0) is 9.53 Å². The zero-order valence-electron chi connectivity index (χ0n) is 11.8. The van der Waals surface area contributed by atoms with Crippen LogP contribution in [0.3, 0.4) is 0 Å². The van der Waals surface area contributed by atoms with Gasteiger partial charge in [-0.25, -0.2) is 0 Å². The van der Waals surface area contributed by atoms with Crippen molar-refractivity contribution < 1.29 is 14.6 Å². The van der Waals surface area contributed by atoms with Gasteiger partial charge in [0.25, 0.3) is 0 Å². The third-order valence-corrected chi connectivity index (χ3v) is 3.17. The molecule has 1 N–H and O–H groups in total. The Morgan fingerprint density at radius 3 is 2.47 bits per heavy atom. The number of carboxylic acids is 1. The van der Waals surface area contributed by atoms with E-state index in [2.05, 4.69) is 13.8 Å². The highest BCUT2D eigenvalue weighted by molar-refractivity contribution is 5.73. The van der Waals surface area contributed by atoms with Gasteiger partial charge in [-0.2, -0.15) is 0 Å². The minimum atomic E-state index is -0.753. The zero-order valence-corrected chi connectivity index (χ0v) is 11.8. The van der Waals surface area contributed by atoms with Gasteiger partial charge in [0.05, 0.1) is 11.5 Å². The van der Waals surface area contributed by atoms with Crippen molar-refractivity contribution in [3.05, 3.63) is 0 Å². The molecule has 3 heteroatoms. The molecule has 3 nitrogen and oxygen atoms in total. The van der Waals surface area contributed by atoms with Crippen molar-refractivity contribution in [1.82, 2.24) is 0 Å². The fourth-order valence-corrected chi connectivity index (χ4v) is 1.56. The largest absolute Gasteiger partial charge is 0.481 e. The molecule has 0 bridgehead atoms. The summed E-state index contributed by atoms with van der Waals surface area (Å²) in [6.45, 7) is 8.29. The lowest BCUT2D eigenvalue weighted by Gasteiger charge is -2.20. The Hall–Kier alpha value is -0.570. The minimum Gasteiger partial charge on any atom is -0.481 e. The molecule has 0 rings (SSSR count). The van der Waals surface area contributed by atoms with Crippen molar-refractivity contribution in [2.75, 3.05) is 6.61 Å². The smallest absolute Gasteiger partial charge is 0.309 e. The van der Waals surface area contributed by atoms with E-state index in [0.29, 0.717) is 13.0 Å². The summed E-state index contributed by atoms with van der Waals surface area (Å²) in [5.74, 6) is -0.753. The molecule has 0 radical (unpaired) electrons. The van der Waals surface area contributed by atoms with Gasteiger partial charge < -0.3 is 9.84 Å². The van der Waals surface area contributed by atoms with Gasteiger partial charge >= 0.3 is 5.97 Å². The molecule has 0 fully saturated rings. The Morgan fingerprint density at radius 1 is 1.29 bits per heavy atom. The fraction of sp³-hybridized carbons (Fsp3) is 0.929. The van der Waals surface area contributed by atoms with Gasteiger partial charge in [0, 0.05) is 6.61 Å². The number of unbranched alkanes of at least 4 members (excludes halogenated alkanes) is 3. The van der Waals surface area contributed by atoms with Gasteiger partial charge in [0.1, 0.15) is 0 Å². The maximum atomic E-state index is 10.9. The maximum absolute atomic E-state index is 10.9. The first-order chi connectivity index (χ1) is 7.90. The van der Waals surface area contributed by atoms with Crippen molar-refractivity contribution in [2.24, 2.45) is 5.41 Å². The SMILES string of the molecule is CCCCCCC(C)OCCC(C)(C)C(=O)O. The number of carboxylic acid groups (broad SMARTS) is 1. The molecule has 1 atom stereocenters. The van der Waals surface area contributed by atoms with Crippen LogP contribution >= 0.6 is 0 Å². The van der Waals surface area contributed by atoms with Crippen LogP contribution in [0.2, 0.25) is 0 Å². The van der Waals surface area contributed by atoms with E-state index in [-0.39, 0.29) is 6.10 Å². The summed E-state index contributed by atoms with van der Waals surface area (Å²) in [5, 5.41) is 8.95. The molecule has 0 aromatic rings. The lowest BCUT2D eigenvalue weighted by molar-refractivity contribution is -0.148. The third-order valence-electron chi connectivity index (χ3n) is 3.17. The number of ether oxygens (including phenoxy) is 1. The molecule has 0 heterocycles. The summed E-state index contributed by atoms with van der Waals surface area (Å²) in [6, 6.07) is 0. The molecule has 0 aromatic carbocycles. The zero-order chi connectivity index (χ0) is 13.3. The second-order valence-corrected chi connectivity index (χ2v) is 5.47. The average Bonchev–Trinajstić information content (AvgIpc) is 2.24. The van der Waals surface area contributed by atoms with Crippen LogP contribution in [0.15, 0.2) is 0 Å². The highest BCUT2D eigenvalue weighted by Gasteiger charge is 2.26. The average molecular weight is 244 g/mol. The number of hydrogen-bond acceptors (Lipinski definition) is 2. The van der Waals surface area contributed by atoms with Gasteiger partial charge in [-0.3, -0.25) is 4.79 Å². The van der Waals surface area contributed by atoms with E-state index in [1.165, 1.54) is 25.7 Å². The summed E-state index contributed by atoms with van der Waals surface area (Å²) in [4.78, 5) is 10.9. The number of carbonyl (C=O) groups is 1. The molecular weight excluding hydrogens is 216 g/mol. The molecule has 0 saturated heterocycles. The molecule has 1 unspecified atom stereocenters. The van der Waals surface area contributed by atoms with Crippen LogP contribution in [0.4, 0.5) is 0 Å². The van der Waals surface area contributed by atoms with Crippen LogP contribution in [0.25, 0.3) is 0 Å². The first-order valence-electron chi connectivity index (χ1n) is 6.75. The van der Waals surface area contributed by atoms with Gasteiger partial charge in [0.2, 0.25) is 0 Å². The van der Waals surface area contributed by atoms with Crippen molar-refractivity contribution in [1.29, 1.82) is 0 Å². The lowest BCUT2D eigenvalue weighted by atomic mass is 9.90. The number of rotatable bonds is 10. The summed E-state index contributed by atoms with van der Waals surface area (Å²) in [6.07, 6.45) is 6.91. The molecule has 0 aliphatic heterocycles. The normalized spacial score (nSPS) is 13.6. The van der Waals surface area contributed by atoms with Crippen molar-refractivity contribution in [3.63, 3.8) is 0 Å². The van der Waals surface area contributed by atoms with E-state index in [1.54, 1.807) is 13.8 Å². The fourth-order valence-electron chi connectivity index (χ4n) is 1.56. The third kappa shape index (κ3) is 8.19. The molecule has 0 aliphatic rings. The second kappa shape index (κ2) is 8.51. The van der Waals surface area contributed by atoms with Crippen LogP contribution in [0, 0.1) is 5.41 Å². The number of hydrogen-bond donors (Lipinski definition) is 1. The lowest BCUT2D eigenvalue weighted by Crippen LogP contribution is -2.26. The molecule has 0 spiro atoms. The first kappa shape index (κ1) is 16.4. The number of aliphatic carboxylic acids is 1. The summed E-state index contributed by atoms with van der Waals surface area (Å²) in [7, 11) is 0. The highest BCUT2D eigenvalue weighted by atomic mass is 16.5. The van der Waals surface area contributed by atoms with Crippen LogP contribution in [0.5, 0.6) is 0 Å². The van der Waals surface area contributed by atoms with Crippen molar-refractivity contribution in [2.45, 2.75) is 72.3 Å². The van der Waals surface area contributed by atoms with E-state index >= 15 is 0 Å². The Morgan fingerprint density at radius 2 is 1.94 bits per heavy atom. The van der Waals surface area contributed by atoms with E-state index in [1.807, 2.05) is 0 Å². The molecule has 0 aliphatic carbocycles. The summed E-state index contributed by atoms with van der Waals surface area (Å²) in [5.41, 5.74) is -0.679. The Labute approximate surface area is 106 Å². The van der Waals surface area contributed by atoms with Crippen LogP contribution in [0.1, 0.15) is 66.2 Å². The molecular formula is C14H28O3. The first-order valence-corrected chi connectivity index (χ1v) is 6.75. The Balaban J connectivity index is 3.57. The van der Waals surface area contributed by atoms with E-state index in [4.69, 9.17) is 9.84 Å². The van der Waals surface area contributed by atoms with Crippen LogP contribution < -0.4 is 0 Å². The van der Waals surface area contributed by atoms with E-state index < -0.39 is 11.4 Å². The van der Waals surface area contributed by atoms with Crippen molar-refractivity contribution in [3.8, 4) is 0 Å². The Bertz CT molecular complexity index is 212. The Kier molecular flexibility index (Phi) is 8.23. The summed E-state index contributed by atoms with van der Waals surface area (Å²) < 4.78 is 5.64. The quantitative estimate of drug-likeness (QED) is 0.593. The molecule has 0 aromatic heterocycles. The predicted molar refractivity (Wildman–Crippen MR) is 70.2 cm³/mol. The highest BCUT2D eigenvalue weighted by Crippen LogP contribution is 2.20. The van der Waals surface area contributed by atoms with E-state index in [0.717, 1.165) is 6.42 Å². The molecule has 0 saturated carbocycles. The monoisotopic (exact) mass is 244 g/mol.